The van der Waals surface area contributed by atoms with Crippen LogP contribution in [0.4, 0.5) is 10.1 Å². The zero-order valence-electron chi connectivity index (χ0n) is 10.3. The molecular formula is C14H11FN2O2S. The van der Waals surface area contributed by atoms with Gasteiger partial charge < -0.3 is 16.2 Å². The smallest absolute Gasteiger partial charge is 0.259 e. The minimum absolute atomic E-state index is 0.129. The number of nitrogens with one attached hydrogen (secondary N) is 1. The van der Waals surface area contributed by atoms with Crippen LogP contribution in [0.25, 0.3) is 0 Å². The summed E-state index contributed by atoms with van der Waals surface area (Å²) in [5.74, 6) is -1.57. The molecule has 2 aromatic carbocycles. The second-order valence-corrected chi connectivity index (χ2v) is 4.47. The lowest BCUT2D eigenvalue weighted by molar-refractivity contribution is 0.102. The van der Waals surface area contributed by atoms with Crippen LogP contribution in [-0.4, -0.2) is 16.0 Å². The van der Waals surface area contributed by atoms with Gasteiger partial charge in [0, 0.05) is 5.56 Å². The summed E-state index contributed by atoms with van der Waals surface area (Å²) >= 11 is 4.88. The molecule has 20 heavy (non-hydrogen) atoms. The maximum atomic E-state index is 13.1. The van der Waals surface area contributed by atoms with E-state index < -0.39 is 11.7 Å². The van der Waals surface area contributed by atoms with Crippen LogP contribution in [0.15, 0.2) is 42.5 Å². The number of amides is 1. The highest BCUT2D eigenvalue weighted by Crippen LogP contribution is 2.21. The molecule has 1 amide bonds. The molecule has 0 aromatic heterocycles. The number of halogens is 1. The van der Waals surface area contributed by atoms with E-state index in [9.17, 15) is 14.3 Å². The number of thiocarbonyl (C=S) groups is 1. The van der Waals surface area contributed by atoms with Crippen molar-refractivity contribution < 1.29 is 14.3 Å². The van der Waals surface area contributed by atoms with Crippen LogP contribution in [0.2, 0.25) is 0 Å². The molecule has 0 aliphatic heterocycles. The van der Waals surface area contributed by atoms with Crippen LogP contribution in [0.1, 0.15) is 15.9 Å². The minimum atomic E-state index is -0.647. The zero-order valence-corrected chi connectivity index (χ0v) is 11.1. The van der Waals surface area contributed by atoms with E-state index in [2.05, 4.69) is 5.32 Å². The summed E-state index contributed by atoms with van der Waals surface area (Å²) in [4.78, 5) is 12.2. The van der Waals surface area contributed by atoms with Crippen LogP contribution in [-0.2, 0) is 0 Å². The maximum absolute atomic E-state index is 13.1. The van der Waals surface area contributed by atoms with Gasteiger partial charge >= 0.3 is 0 Å². The molecule has 0 bridgehead atoms. The largest absolute Gasteiger partial charge is 0.507 e. The quantitative estimate of drug-likeness (QED) is 0.759. The van der Waals surface area contributed by atoms with Gasteiger partial charge in [0.15, 0.2) is 0 Å². The number of phenols is 1. The molecule has 102 valence electrons. The van der Waals surface area contributed by atoms with E-state index in [0.717, 1.165) is 18.2 Å². The van der Waals surface area contributed by atoms with Gasteiger partial charge in [0.2, 0.25) is 0 Å². The number of phenolic OH excluding ortho intramolecular Hbond substituents is 1. The number of rotatable bonds is 3. The Hall–Kier alpha value is -2.47. The first kappa shape index (κ1) is 14.0. The molecule has 0 aliphatic rings. The molecule has 4 N–H and O–H groups in total. The Morgan fingerprint density at radius 2 is 1.90 bits per heavy atom. The average molecular weight is 290 g/mol. The Bertz CT molecular complexity index is 689. The van der Waals surface area contributed by atoms with Gasteiger partial charge in [-0.3, -0.25) is 4.79 Å². The molecule has 2 aromatic rings. The van der Waals surface area contributed by atoms with Gasteiger partial charge in [-0.2, -0.15) is 0 Å². The van der Waals surface area contributed by atoms with Gasteiger partial charge in [-0.1, -0.05) is 24.4 Å². The lowest BCUT2D eigenvalue weighted by atomic mass is 10.1. The van der Waals surface area contributed by atoms with Gasteiger partial charge in [-0.05, 0) is 30.3 Å². The number of hydrogen-bond donors (Lipinski definition) is 3. The first-order chi connectivity index (χ1) is 9.49. The first-order valence-electron chi connectivity index (χ1n) is 5.67. The molecule has 6 heteroatoms. The van der Waals surface area contributed by atoms with Gasteiger partial charge in [0.1, 0.15) is 16.6 Å². The van der Waals surface area contributed by atoms with Crippen molar-refractivity contribution in [3.8, 4) is 5.75 Å². The normalized spacial score (nSPS) is 10.1. The summed E-state index contributed by atoms with van der Waals surface area (Å²) < 4.78 is 13.1. The summed E-state index contributed by atoms with van der Waals surface area (Å²) in [6.45, 7) is 0. The monoisotopic (exact) mass is 290 g/mol. The lowest BCUT2D eigenvalue weighted by Crippen LogP contribution is -2.17. The Kier molecular flexibility index (Phi) is 3.95. The predicted octanol–water partition coefficient (Wildman–Crippen LogP) is 2.42. The number of carbonyl (C=O) groups is 1. The third-order valence-corrected chi connectivity index (χ3v) is 2.86. The average Bonchev–Trinajstić information content (AvgIpc) is 2.41. The van der Waals surface area contributed by atoms with Crippen LogP contribution in [0, 0.1) is 5.82 Å². The number of aromatic hydroxyl groups is 1. The fourth-order valence-electron chi connectivity index (χ4n) is 1.69. The van der Waals surface area contributed by atoms with Crippen molar-refractivity contribution in [2.24, 2.45) is 5.73 Å². The number of nitrogens with two attached hydrogens (primary N) is 1. The maximum Gasteiger partial charge on any atom is 0.259 e. The lowest BCUT2D eigenvalue weighted by Gasteiger charge is -2.10. The van der Waals surface area contributed by atoms with Crippen LogP contribution < -0.4 is 11.1 Å². The van der Waals surface area contributed by atoms with Gasteiger partial charge in [0.05, 0.1) is 11.3 Å². The third-order valence-electron chi connectivity index (χ3n) is 2.64. The first-order valence-corrected chi connectivity index (χ1v) is 6.08. The molecule has 2 rings (SSSR count). The van der Waals surface area contributed by atoms with Crippen LogP contribution >= 0.6 is 12.2 Å². The van der Waals surface area contributed by atoms with Gasteiger partial charge in [0.25, 0.3) is 5.91 Å². The van der Waals surface area contributed by atoms with E-state index in [4.69, 9.17) is 18.0 Å². The highest BCUT2D eigenvalue weighted by Gasteiger charge is 2.14. The van der Waals surface area contributed by atoms with Gasteiger partial charge in [-0.25, -0.2) is 4.39 Å². The van der Waals surface area contributed by atoms with Crippen molar-refractivity contribution in [3.63, 3.8) is 0 Å². The summed E-state index contributed by atoms with van der Waals surface area (Å²) in [7, 11) is 0. The number of para-hydroxylation sites is 1. The Labute approximate surface area is 120 Å². The Balaban J connectivity index is 2.33. The second-order valence-electron chi connectivity index (χ2n) is 4.03. The number of anilines is 1. The van der Waals surface area contributed by atoms with E-state index in [1.807, 2.05) is 0 Å². The summed E-state index contributed by atoms with van der Waals surface area (Å²) in [5, 5.41) is 12.1. The molecule has 0 heterocycles. The standard InChI is InChI=1S/C14H11FN2O2S/c15-8-5-6-12(18)10(7-8)14(19)17-11-4-2-1-3-9(11)13(16)20/h1-7,18H,(H2,16,20)(H,17,19). The fourth-order valence-corrected chi connectivity index (χ4v) is 1.86. The molecule has 0 unspecified atom stereocenters. The molecular weight excluding hydrogens is 279 g/mol. The summed E-state index contributed by atoms with van der Waals surface area (Å²) in [6.07, 6.45) is 0. The predicted molar refractivity (Wildman–Crippen MR) is 78.3 cm³/mol. The van der Waals surface area contributed by atoms with Crippen molar-refractivity contribution in [1.82, 2.24) is 0 Å². The number of benzene rings is 2. The van der Waals surface area contributed by atoms with E-state index >= 15 is 0 Å². The van der Waals surface area contributed by atoms with Gasteiger partial charge in [-0.15, -0.1) is 0 Å². The molecule has 0 aliphatic carbocycles. The van der Waals surface area contributed by atoms with E-state index in [0.29, 0.717) is 11.3 Å². The van der Waals surface area contributed by atoms with E-state index in [1.165, 1.54) is 0 Å². The van der Waals surface area contributed by atoms with E-state index in [1.54, 1.807) is 24.3 Å². The molecule has 0 radical (unpaired) electrons. The SMILES string of the molecule is NC(=S)c1ccccc1NC(=O)c1cc(F)ccc1O. The van der Waals surface area contributed by atoms with Crippen molar-refractivity contribution >= 4 is 28.8 Å². The summed E-state index contributed by atoms with van der Waals surface area (Å²) in [6, 6.07) is 9.82. The molecule has 0 spiro atoms. The Morgan fingerprint density at radius 1 is 1.20 bits per heavy atom. The molecule has 4 nitrogen and oxygen atoms in total. The topological polar surface area (TPSA) is 75.3 Å². The molecule has 0 atom stereocenters. The van der Waals surface area contributed by atoms with Crippen molar-refractivity contribution in [2.75, 3.05) is 5.32 Å². The van der Waals surface area contributed by atoms with Crippen molar-refractivity contribution in [2.45, 2.75) is 0 Å². The number of carbonyl (C=O) groups excluding carboxylic acids is 1. The molecule has 0 fully saturated rings. The van der Waals surface area contributed by atoms with Crippen LogP contribution in [0.3, 0.4) is 0 Å². The number of hydrogen-bond acceptors (Lipinski definition) is 3. The fraction of sp³-hybridized carbons (Fsp3) is 0. The Morgan fingerprint density at radius 3 is 2.60 bits per heavy atom. The minimum Gasteiger partial charge on any atom is -0.507 e. The second kappa shape index (κ2) is 5.66. The molecule has 0 saturated carbocycles. The third kappa shape index (κ3) is 2.92. The summed E-state index contributed by atoms with van der Waals surface area (Å²) in [5.41, 5.74) is 6.28. The zero-order chi connectivity index (χ0) is 14.7. The van der Waals surface area contributed by atoms with E-state index in [-0.39, 0.29) is 16.3 Å². The molecule has 0 saturated heterocycles. The van der Waals surface area contributed by atoms with Crippen LogP contribution in [0.5, 0.6) is 5.75 Å². The van der Waals surface area contributed by atoms with Crippen molar-refractivity contribution in [3.05, 3.63) is 59.4 Å². The highest BCUT2D eigenvalue weighted by atomic mass is 32.1. The highest BCUT2D eigenvalue weighted by molar-refractivity contribution is 7.80. The van der Waals surface area contributed by atoms with Crippen molar-refractivity contribution in [1.29, 1.82) is 0 Å².